The minimum absolute atomic E-state index is 0.0439. The van der Waals surface area contributed by atoms with E-state index in [-0.39, 0.29) is 17.6 Å². The van der Waals surface area contributed by atoms with Crippen LogP contribution in [0, 0.1) is 12.7 Å². The van der Waals surface area contributed by atoms with Crippen molar-refractivity contribution in [3.63, 3.8) is 0 Å². The molecule has 0 aromatic carbocycles. The van der Waals surface area contributed by atoms with Crippen molar-refractivity contribution >= 4 is 5.82 Å². The van der Waals surface area contributed by atoms with Crippen molar-refractivity contribution in [1.82, 2.24) is 15.2 Å². The van der Waals surface area contributed by atoms with Crippen molar-refractivity contribution in [2.24, 2.45) is 0 Å². The van der Waals surface area contributed by atoms with Gasteiger partial charge in [-0.2, -0.15) is 5.10 Å². The Morgan fingerprint density at radius 3 is 3.04 bits per heavy atom. The number of nitrogens with zero attached hydrogens (tertiary/aromatic N) is 4. The van der Waals surface area contributed by atoms with E-state index < -0.39 is 5.82 Å². The Morgan fingerprint density at radius 1 is 1.33 bits per heavy atom. The molecular weight excluding hydrogens is 311 g/mol. The quantitative estimate of drug-likeness (QED) is 0.859. The Labute approximate surface area is 139 Å². The summed E-state index contributed by atoms with van der Waals surface area (Å²) >= 11 is 0. The molecule has 2 aliphatic rings. The number of ether oxygens (including phenoxy) is 2. The third-order valence-corrected chi connectivity index (χ3v) is 4.60. The Hall–Kier alpha value is -2.28. The first-order chi connectivity index (χ1) is 11.6. The van der Waals surface area contributed by atoms with Crippen LogP contribution in [0.5, 0.6) is 5.88 Å². The van der Waals surface area contributed by atoms with Crippen LogP contribution in [-0.2, 0) is 4.74 Å². The number of hydrogen-bond donors (Lipinski definition) is 0. The van der Waals surface area contributed by atoms with Gasteiger partial charge < -0.3 is 14.4 Å². The van der Waals surface area contributed by atoms with Crippen LogP contribution in [0.4, 0.5) is 10.2 Å². The third kappa shape index (κ3) is 2.91. The molecule has 2 atom stereocenters. The summed E-state index contributed by atoms with van der Waals surface area (Å²) in [6, 6.07) is 6.83. The molecule has 0 radical (unpaired) electrons. The highest BCUT2D eigenvalue weighted by molar-refractivity contribution is 5.40. The van der Waals surface area contributed by atoms with E-state index in [2.05, 4.69) is 20.1 Å². The van der Waals surface area contributed by atoms with E-state index >= 15 is 0 Å². The number of aryl methyl sites for hydroxylation is 1. The van der Waals surface area contributed by atoms with E-state index in [0.717, 1.165) is 37.4 Å². The first kappa shape index (κ1) is 15.3. The van der Waals surface area contributed by atoms with Gasteiger partial charge in [-0.1, -0.05) is 0 Å². The highest BCUT2D eigenvalue weighted by atomic mass is 19.1. The molecule has 126 valence electrons. The molecule has 0 unspecified atom stereocenters. The van der Waals surface area contributed by atoms with Crippen molar-refractivity contribution < 1.29 is 13.9 Å². The summed E-state index contributed by atoms with van der Waals surface area (Å²) in [6.07, 6.45) is 2.96. The van der Waals surface area contributed by atoms with E-state index in [0.29, 0.717) is 6.61 Å². The van der Waals surface area contributed by atoms with Gasteiger partial charge in [0.1, 0.15) is 6.10 Å². The topological polar surface area (TPSA) is 60.4 Å². The zero-order chi connectivity index (χ0) is 16.6. The molecule has 0 amide bonds. The molecule has 6 nitrogen and oxygen atoms in total. The molecule has 0 saturated carbocycles. The lowest BCUT2D eigenvalue weighted by molar-refractivity contribution is 0.0192. The largest absolute Gasteiger partial charge is 0.470 e. The summed E-state index contributed by atoms with van der Waals surface area (Å²) < 4.78 is 25.4. The molecule has 1 spiro atoms. The van der Waals surface area contributed by atoms with Crippen LogP contribution in [0.2, 0.25) is 0 Å². The normalized spacial score (nSPS) is 26.2. The molecule has 0 aliphatic carbocycles. The van der Waals surface area contributed by atoms with E-state index in [1.54, 1.807) is 6.07 Å². The zero-order valence-corrected chi connectivity index (χ0v) is 13.5. The number of hydrogen-bond acceptors (Lipinski definition) is 6. The van der Waals surface area contributed by atoms with E-state index in [1.807, 2.05) is 19.1 Å². The molecule has 2 aromatic heterocycles. The van der Waals surface area contributed by atoms with Gasteiger partial charge in [0.25, 0.3) is 5.88 Å². The van der Waals surface area contributed by atoms with Crippen LogP contribution in [0.1, 0.15) is 18.5 Å². The fraction of sp³-hybridized carbons (Fsp3) is 0.471. The van der Waals surface area contributed by atoms with E-state index in [9.17, 15) is 4.39 Å². The van der Waals surface area contributed by atoms with Gasteiger partial charge in [0.15, 0.2) is 11.6 Å². The standard InChI is InChI=1S/C17H19FN4O2/c1-12-4-5-15(21-20-12)22-8-6-17(11-22)9-13(10-23-17)24-16-14(18)3-2-7-19-16/h2-5,7,13H,6,8-11H2,1H3/t13-,17+/m1/s1. The van der Waals surface area contributed by atoms with Crippen LogP contribution < -0.4 is 9.64 Å². The minimum Gasteiger partial charge on any atom is -0.470 e. The first-order valence-corrected chi connectivity index (χ1v) is 8.10. The molecule has 2 fully saturated rings. The predicted octanol–water partition coefficient (Wildman–Crippen LogP) is 2.14. The average Bonchev–Trinajstić information content (AvgIpc) is 3.18. The van der Waals surface area contributed by atoms with Crippen molar-refractivity contribution in [1.29, 1.82) is 0 Å². The van der Waals surface area contributed by atoms with Crippen LogP contribution in [0.25, 0.3) is 0 Å². The van der Waals surface area contributed by atoms with Gasteiger partial charge in [-0.15, -0.1) is 5.10 Å². The average molecular weight is 330 g/mol. The number of halogens is 1. The van der Waals surface area contributed by atoms with Gasteiger partial charge in [-0.25, -0.2) is 9.37 Å². The SMILES string of the molecule is Cc1ccc(N2CC[C@]3(C[C@@H](Oc4ncccc4F)CO3)C2)nn1. The maximum atomic E-state index is 13.7. The molecule has 7 heteroatoms. The highest BCUT2D eigenvalue weighted by Gasteiger charge is 2.47. The summed E-state index contributed by atoms with van der Waals surface area (Å²) in [5.41, 5.74) is 0.637. The predicted molar refractivity (Wildman–Crippen MR) is 85.5 cm³/mol. The number of anilines is 1. The van der Waals surface area contributed by atoms with Gasteiger partial charge in [0.05, 0.1) is 17.9 Å². The van der Waals surface area contributed by atoms with Gasteiger partial charge in [0.2, 0.25) is 0 Å². The molecule has 24 heavy (non-hydrogen) atoms. The van der Waals surface area contributed by atoms with E-state index in [4.69, 9.17) is 9.47 Å². The molecular formula is C17H19FN4O2. The number of rotatable bonds is 3. The van der Waals surface area contributed by atoms with Crippen LogP contribution in [-0.4, -0.2) is 46.6 Å². The second-order valence-corrected chi connectivity index (χ2v) is 6.43. The monoisotopic (exact) mass is 330 g/mol. The summed E-state index contributed by atoms with van der Waals surface area (Å²) in [5, 5.41) is 8.35. The van der Waals surface area contributed by atoms with Crippen LogP contribution >= 0.6 is 0 Å². The maximum Gasteiger partial charge on any atom is 0.250 e. The summed E-state index contributed by atoms with van der Waals surface area (Å²) in [7, 11) is 0. The Morgan fingerprint density at radius 2 is 2.25 bits per heavy atom. The number of aromatic nitrogens is 3. The van der Waals surface area contributed by atoms with Crippen LogP contribution in [0.15, 0.2) is 30.5 Å². The molecule has 4 rings (SSSR count). The minimum atomic E-state index is -0.443. The second kappa shape index (κ2) is 5.98. The lowest BCUT2D eigenvalue weighted by Crippen LogP contribution is -2.33. The van der Waals surface area contributed by atoms with Crippen molar-refractivity contribution in [3.8, 4) is 5.88 Å². The lowest BCUT2D eigenvalue weighted by Gasteiger charge is -2.23. The molecule has 2 saturated heterocycles. The Balaban J connectivity index is 1.41. The third-order valence-electron chi connectivity index (χ3n) is 4.60. The Bertz CT molecular complexity index is 727. The van der Waals surface area contributed by atoms with Crippen molar-refractivity contribution in [2.45, 2.75) is 31.5 Å². The maximum absolute atomic E-state index is 13.7. The van der Waals surface area contributed by atoms with Gasteiger partial charge >= 0.3 is 0 Å². The lowest BCUT2D eigenvalue weighted by atomic mass is 9.98. The molecule has 2 aliphatic heterocycles. The second-order valence-electron chi connectivity index (χ2n) is 6.43. The molecule has 0 N–H and O–H groups in total. The Kier molecular flexibility index (Phi) is 3.80. The summed E-state index contributed by atoms with van der Waals surface area (Å²) in [5.74, 6) is 0.463. The fourth-order valence-electron chi connectivity index (χ4n) is 3.38. The number of pyridine rings is 1. The zero-order valence-electron chi connectivity index (χ0n) is 13.5. The van der Waals surface area contributed by atoms with Crippen LogP contribution in [0.3, 0.4) is 0 Å². The van der Waals surface area contributed by atoms with Crippen molar-refractivity contribution in [3.05, 3.63) is 42.0 Å². The van der Waals surface area contributed by atoms with Gasteiger partial charge in [-0.05, 0) is 37.6 Å². The van der Waals surface area contributed by atoms with E-state index in [1.165, 1.54) is 12.3 Å². The van der Waals surface area contributed by atoms with Gasteiger partial charge in [0, 0.05) is 25.7 Å². The van der Waals surface area contributed by atoms with Gasteiger partial charge in [-0.3, -0.25) is 0 Å². The smallest absolute Gasteiger partial charge is 0.250 e. The summed E-state index contributed by atoms with van der Waals surface area (Å²) in [4.78, 5) is 6.12. The van der Waals surface area contributed by atoms with Crippen molar-refractivity contribution in [2.75, 3.05) is 24.6 Å². The summed E-state index contributed by atoms with van der Waals surface area (Å²) in [6.45, 7) is 3.97. The first-order valence-electron chi connectivity index (χ1n) is 8.10. The molecule has 0 bridgehead atoms. The highest BCUT2D eigenvalue weighted by Crippen LogP contribution is 2.37. The molecule has 4 heterocycles. The molecule has 2 aromatic rings. The fourth-order valence-corrected chi connectivity index (χ4v) is 3.38.